The number of carbonyl (C=O) groups is 1. The van der Waals surface area contributed by atoms with Crippen LogP contribution in [0.2, 0.25) is 0 Å². The topological polar surface area (TPSA) is 38.1 Å². The van der Waals surface area contributed by atoms with Crippen LogP contribution in [0.5, 0.6) is 0 Å². The SMILES string of the molecule is Cc1ncn(CC(=O)N2c3ccccc3CCc3ccccc32)c1C. The predicted octanol–water partition coefficient (Wildman–Crippen LogP) is 3.96. The van der Waals surface area contributed by atoms with Crippen molar-refractivity contribution in [3.8, 4) is 0 Å². The average molecular weight is 331 g/mol. The van der Waals surface area contributed by atoms with Crippen molar-refractivity contribution in [1.82, 2.24) is 9.55 Å². The van der Waals surface area contributed by atoms with Crippen molar-refractivity contribution in [3.05, 3.63) is 77.4 Å². The molecule has 2 aromatic carbocycles. The van der Waals surface area contributed by atoms with Gasteiger partial charge in [-0.15, -0.1) is 0 Å². The summed E-state index contributed by atoms with van der Waals surface area (Å²) in [5.41, 5.74) is 6.41. The highest BCUT2D eigenvalue weighted by Gasteiger charge is 2.25. The Morgan fingerprint density at radius 2 is 1.52 bits per heavy atom. The van der Waals surface area contributed by atoms with Gasteiger partial charge >= 0.3 is 0 Å². The van der Waals surface area contributed by atoms with E-state index in [1.807, 2.05) is 59.7 Å². The van der Waals surface area contributed by atoms with E-state index in [4.69, 9.17) is 0 Å². The molecule has 0 saturated heterocycles. The zero-order chi connectivity index (χ0) is 17.4. The second-order valence-corrected chi connectivity index (χ2v) is 6.53. The van der Waals surface area contributed by atoms with Crippen LogP contribution in [0.4, 0.5) is 11.4 Å². The molecule has 0 fully saturated rings. The average Bonchev–Trinajstić information content (AvgIpc) is 2.85. The Morgan fingerprint density at radius 1 is 0.960 bits per heavy atom. The lowest BCUT2D eigenvalue weighted by molar-refractivity contribution is -0.118. The molecule has 25 heavy (non-hydrogen) atoms. The molecular formula is C21H21N3O. The molecule has 0 atom stereocenters. The summed E-state index contributed by atoms with van der Waals surface area (Å²) in [7, 11) is 0. The summed E-state index contributed by atoms with van der Waals surface area (Å²) in [5.74, 6) is 0.0577. The van der Waals surface area contributed by atoms with Crippen LogP contribution in [0.3, 0.4) is 0 Å². The number of aromatic nitrogens is 2. The first-order chi connectivity index (χ1) is 12.1. The molecular weight excluding hydrogens is 310 g/mol. The van der Waals surface area contributed by atoms with Gasteiger partial charge < -0.3 is 4.57 Å². The Kier molecular flexibility index (Phi) is 3.88. The summed E-state index contributed by atoms with van der Waals surface area (Å²) < 4.78 is 1.92. The Hall–Kier alpha value is -2.88. The van der Waals surface area contributed by atoms with E-state index < -0.39 is 0 Å². The van der Waals surface area contributed by atoms with Gasteiger partial charge in [0.2, 0.25) is 0 Å². The van der Waals surface area contributed by atoms with Crippen LogP contribution in [0.1, 0.15) is 22.5 Å². The maximum Gasteiger partial charge on any atom is 0.251 e. The van der Waals surface area contributed by atoms with E-state index in [1.165, 1.54) is 11.1 Å². The molecule has 0 saturated carbocycles. The van der Waals surface area contributed by atoms with Gasteiger partial charge in [0.05, 0.1) is 23.4 Å². The van der Waals surface area contributed by atoms with Crippen molar-refractivity contribution >= 4 is 17.3 Å². The monoisotopic (exact) mass is 331 g/mol. The number of hydrogen-bond acceptors (Lipinski definition) is 2. The summed E-state index contributed by atoms with van der Waals surface area (Å²) >= 11 is 0. The Balaban J connectivity index is 1.79. The Labute approximate surface area is 147 Å². The van der Waals surface area contributed by atoms with Gasteiger partial charge in [0.25, 0.3) is 5.91 Å². The van der Waals surface area contributed by atoms with E-state index in [0.29, 0.717) is 0 Å². The first-order valence-corrected chi connectivity index (χ1v) is 8.62. The molecule has 0 unspecified atom stereocenters. The van der Waals surface area contributed by atoms with Gasteiger partial charge in [-0.1, -0.05) is 36.4 Å². The molecule has 0 spiro atoms. The number of para-hydroxylation sites is 2. The van der Waals surface area contributed by atoms with E-state index >= 15 is 0 Å². The maximum absolute atomic E-state index is 13.3. The molecule has 1 aromatic heterocycles. The minimum Gasteiger partial charge on any atom is -0.325 e. The largest absolute Gasteiger partial charge is 0.325 e. The molecule has 0 aliphatic carbocycles. The van der Waals surface area contributed by atoms with Gasteiger partial charge in [-0.05, 0) is 49.9 Å². The smallest absolute Gasteiger partial charge is 0.251 e. The lowest BCUT2D eigenvalue weighted by Crippen LogP contribution is -2.30. The van der Waals surface area contributed by atoms with Crippen molar-refractivity contribution in [2.45, 2.75) is 33.2 Å². The van der Waals surface area contributed by atoms with Gasteiger partial charge in [0, 0.05) is 5.69 Å². The first kappa shape index (κ1) is 15.6. The third kappa shape index (κ3) is 2.74. The van der Waals surface area contributed by atoms with Crippen molar-refractivity contribution in [2.75, 3.05) is 4.90 Å². The summed E-state index contributed by atoms with van der Waals surface area (Å²) in [6, 6.07) is 16.4. The number of fused-ring (bicyclic) bond motifs is 2. The number of imidazole rings is 1. The number of carbonyl (C=O) groups excluding carboxylic acids is 1. The van der Waals surface area contributed by atoms with E-state index in [0.717, 1.165) is 35.6 Å². The number of anilines is 2. The van der Waals surface area contributed by atoms with Crippen LogP contribution in [-0.4, -0.2) is 15.5 Å². The molecule has 1 aliphatic heterocycles. The highest BCUT2D eigenvalue weighted by molar-refractivity contribution is 6.02. The third-order valence-electron chi connectivity index (χ3n) is 5.03. The zero-order valence-electron chi connectivity index (χ0n) is 14.6. The molecule has 126 valence electrons. The molecule has 4 nitrogen and oxygen atoms in total. The predicted molar refractivity (Wildman–Crippen MR) is 99.1 cm³/mol. The summed E-state index contributed by atoms with van der Waals surface area (Å²) in [4.78, 5) is 19.5. The lowest BCUT2D eigenvalue weighted by atomic mass is 10.0. The van der Waals surface area contributed by atoms with Crippen LogP contribution in [0.25, 0.3) is 0 Å². The maximum atomic E-state index is 13.3. The highest BCUT2D eigenvalue weighted by Crippen LogP contribution is 2.36. The minimum atomic E-state index is 0.0577. The van der Waals surface area contributed by atoms with Crippen molar-refractivity contribution < 1.29 is 4.79 Å². The number of amides is 1. The second kappa shape index (κ2) is 6.20. The fourth-order valence-electron chi connectivity index (χ4n) is 3.47. The highest BCUT2D eigenvalue weighted by atomic mass is 16.2. The number of rotatable bonds is 2. The molecule has 0 radical (unpaired) electrons. The first-order valence-electron chi connectivity index (χ1n) is 8.62. The molecule has 1 aliphatic rings. The molecule has 0 N–H and O–H groups in total. The minimum absolute atomic E-state index is 0.0577. The van der Waals surface area contributed by atoms with Crippen LogP contribution in [0, 0.1) is 13.8 Å². The number of aryl methyl sites for hydroxylation is 3. The Morgan fingerprint density at radius 3 is 2.04 bits per heavy atom. The number of nitrogens with zero attached hydrogens (tertiary/aromatic N) is 3. The van der Waals surface area contributed by atoms with E-state index in [2.05, 4.69) is 17.1 Å². The fourth-order valence-corrected chi connectivity index (χ4v) is 3.47. The molecule has 2 heterocycles. The van der Waals surface area contributed by atoms with Crippen molar-refractivity contribution in [1.29, 1.82) is 0 Å². The number of hydrogen-bond donors (Lipinski definition) is 0. The summed E-state index contributed by atoms with van der Waals surface area (Å²) in [6.45, 7) is 4.25. The van der Waals surface area contributed by atoms with Gasteiger partial charge in [-0.2, -0.15) is 0 Å². The Bertz CT molecular complexity index is 894. The fraction of sp³-hybridized carbons (Fsp3) is 0.238. The number of benzene rings is 2. The van der Waals surface area contributed by atoms with Crippen molar-refractivity contribution in [3.63, 3.8) is 0 Å². The van der Waals surface area contributed by atoms with Crippen LogP contribution < -0.4 is 4.90 Å². The summed E-state index contributed by atoms with van der Waals surface area (Å²) in [6.07, 6.45) is 3.64. The van der Waals surface area contributed by atoms with E-state index in [1.54, 1.807) is 6.33 Å². The van der Waals surface area contributed by atoms with Gasteiger partial charge in [0.15, 0.2) is 0 Å². The van der Waals surface area contributed by atoms with Gasteiger partial charge in [-0.3, -0.25) is 9.69 Å². The van der Waals surface area contributed by atoms with E-state index in [9.17, 15) is 4.79 Å². The molecule has 4 rings (SSSR count). The second-order valence-electron chi connectivity index (χ2n) is 6.53. The summed E-state index contributed by atoms with van der Waals surface area (Å²) in [5, 5.41) is 0. The van der Waals surface area contributed by atoms with Crippen LogP contribution in [-0.2, 0) is 24.2 Å². The standard InChI is InChI=1S/C21H21N3O/c1-15-16(2)23(14-22-15)13-21(25)24-19-9-5-3-7-17(19)11-12-18-8-4-6-10-20(18)24/h3-10,14H,11-13H2,1-2H3. The van der Waals surface area contributed by atoms with Crippen molar-refractivity contribution in [2.24, 2.45) is 0 Å². The molecule has 0 bridgehead atoms. The van der Waals surface area contributed by atoms with Gasteiger partial charge in [-0.25, -0.2) is 4.98 Å². The lowest BCUT2D eigenvalue weighted by Gasteiger charge is -2.25. The zero-order valence-corrected chi connectivity index (χ0v) is 14.6. The normalized spacial score (nSPS) is 13.1. The quantitative estimate of drug-likeness (QED) is 0.713. The molecule has 4 heteroatoms. The van der Waals surface area contributed by atoms with E-state index in [-0.39, 0.29) is 12.5 Å². The van der Waals surface area contributed by atoms with Gasteiger partial charge in [0.1, 0.15) is 6.54 Å². The van der Waals surface area contributed by atoms with Crippen LogP contribution >= 0.6 is 0 Å². The third-order valence-corrected chi connectivity index (χ3v) is 5.03. The molecule has 1 amide bonds. The van der Waals surface area contributed by atoms with Crippen LogP contribution in [0.15, 0.2) is 54.9 Å². The molecule has 3 aromatic rings.